The van der Waals surface area contributed by atoms with Gasteiger partial charge in [0.2, 0.25) is 0 Å². The molecule has 4 nitrogen and oxygen atoms in total. The fourth-order valence-corrected chi connectivity index (χ4v) is 4.91. The van der Waals surface area contributed by atoms with Crippen LogP contribution in [-0.2, 0) is 10.0 Å². The summed E-state index contributed by atoms with van der Waals surface area (Å²) in [5.41, 5.74) is 5.50. The second kappa shape index (κ2) is 6.35. The Morgan fingerprint density at radius 3 is 2.42 bits per heavy atom. The van der Waals surface area contributed by atoms with E-state index in [1.165, 1.54) is 11.3 Å². The van der Waals surface area contributed by atoms with E-state index >= 15 is 0 Å². The molecule has 0 unspecified atom stereocenters. The molecule has 0 aliphatic heterocycles. The normalized spacial score (nSPS) is 13.2. The van der Waals surface area contributed by atoms with Crippen LogP contribution in [0.4, 0.5) is 0 Å². The Kier molecular flexibility index (Phi) is 5.55. The van der Waals surface area contributed by atoms with Gasteiger partial charge in [0.1, 0.15) is 4.21 Å². The second-order valence-electron chi connectivity index (χ2n) is 5.57. The highest BCUT2D eigenvalue weighted by molar-refractivity contribution is 7.91. The molecule has 1 aromatic heterocycles. The summed E-state index contributed by atoms with van der Waals surface area (Å²) < 4.78 is 27.2. The fourth-order valence-electron chi connectivity index (χ4n) is 1.75. The van der Waals surface area contributed by atoms with Gasteiger partial charge >= 0.3 is 0 Å². The number of hydrogen-bond acceptors (Lipinski definition) is 4. The zero-order valence-electron chi connectivity index (χ0n) is 12.1. The second-order valence-corrected chi connectivity index (χ2v) is 9.02. The highest BCUT2D eigenvalue weighted by Crippen LogP contribution is 2.27. The van der Waals surface area contributed by atoms with Gasteiger partial charge in [0.25, 0.3) is 10.0 Å². The predicted molar refractivity (Wildman–Crippen MR) is 80.9 cm³/mol. The first-order valence-electron chi connectivity index (χ1n) is 6.49. The van der Waals surface area contributed by atoms with Gasteiger partial charge in [0.15, 0.2) is 0 Å². The molecule has 0 aromatic carbocycles. The van der Waals surface area contributed by atoms with Gasteiger partial charge in [-0.25, -0.2) is 8.42 Å². The monoisotopic (exact) mass is 304 g/mol. The van der Waals surface area contributed by atoms with Crippen molar-refractivity contribution in [2.75, 3.05) is 19.6 Å². The molecule has 2 N–H and O–H groups in total. The Morgan fingerprint density at radius 2 is 2.00 bits per heavy atom. The lowest BCUT2D eigenvalue weighted by Crippen LogP contribution is -2.42. The van der Waals surface area contributed by atoms with Gasteiger partial charge in [-0.05, 0) is 37.4 Å². The molecule has 0 saturated heterocycles. The molecule has 0 bridgehead atoms. The van der Waals surface area contributed by atoms with E-state index in [0.717, 1.165) is 11.3 Å². The van der Waals surface area contributed by atoms with E-state index in [1.54, 1.807) is 10.4 Å². The number of aryl methyl sites for hydroxylation is 1. The third kappa shape index (κ3) is 4.27. The molecule has 0 aliphatic rings. The lowest BCUT2D eigenvalue weighted by Gasteiger charge is -2.30. The van der Waals surface area contributed by atoms with E-state index in [9.17, 15) is 8.42 Å². The van der Waals surface area contributed by atoms with Crippen molar-refractivity contribution in [1.29, 1.82) is 0 Å². The summed E-state index contributed by atoms with van der Waals surface area (Å²) in [4.78, 5) is 1.01. The van der Waals surface area contributed by atoms with Crippen molar-refractivity contribution in [1.82, 2.24) is 4.31 Å². The first-order valence-corrected chi connectivity index (χ1v) is 8.75. The quantitative estimate of drug-likeness (QED) is 0.841. The number of rotatable bonds is 7. The van der Waals surface area contributed by atoms with Crippen LogP contribution in [0.15, 0.2) is 16.3 Å². The first kappa shape index (κ1) is 16.6. The van der Waals surface area contributed by atoms with Gasteiger partial charge in [-0.1, -0.05) is 20.8 Å². The van der Waals surface area contributed by atoms with E-state index in [2.05, 4.69) is 0 Å². The topological polar surface area (TPSA) is 63.4 Å². The minimum Gasteiger partial charge on any atom is -0.330 e. The fraction of sp³-hybridized carbons (Fsp3) is 0.692. The van der Waals surface area contributed by atoms with Gasteiger partial charge in [0, 0.05) is 18.0 Å². The van der Waals surface area contributed by atoms with Crippen molar-refractivity contribution in [2.24, 2.45) is 11.1 Å². The maximum atomic E-state index is 12.6. The average Bonchev–Trinajstić information content (AvgIpc) is 2.76. The molecule has 19 heavy (non-hydrogen) atoms. The molecule has 0 spiro atoms. The number of nitrogens with zero attached hydrogens (tertiary/aromatic N) is 1. The van der Waals surface area contributed by atoms with Crippen molar-refractivity contribution >= 4 is 21.4 Å². The molecular formula is C13H24N2O2S2. The van der Waals surface area contributed by atoms with E-state index < -0.39 is 10.0 Å². The van der Waals surface area contributed by atoms with Crippen LogP contribution in [0.25, 0.3) is 0 Å². The van der Waals surface area contributed by atoms with Crippen LogP contribution in [0.5, 0.6) is 0 Å². The van der Waals surface area contributed by atoms with Gasteiger partial charge < -0.3 is 5.73 Å². The maximum absolute atomic E-state index is 12.6. The molecule has 0 radical (unpaired) electrons. The number of sulfonamides is 1. The number of thiophene rings is 1. The third-order valence-corrected chi connectivity index (χ3v) is 6.25. The van der Waals surface area contributed by atoms with Crippen molar-refractivity contribution in [3.05, 3.63) is 17.0 Å². The van der Waals surface area contributed by atoms with Crippen LogP contribution in [0.1, 0.15) is 32.1 Å². The minimum absolute atomic E-state index is 0.214. The van der Waals surface area contributed by atoms with Gasteiger partial charge in [-0.2, -0.15) is 4.31 Å². The summed E-state index contributed by atoms with van der Waals surface area (Å²) in [5.74, 6) is 0. The summed E-state index contributed by atoms with van der Waals surface area (Å²) in [6, 6.07) is 3.53. The Morgan fingerprint density at radius 1 is 1.37 bits per heavy atom. The molecule has 6 heteroatoms. The molecule has 1 heterocycles. The predicted octanol–water partition coefficient (Wildman–Crippen LogP) is 2.44. The van der Waals surface area contributed by atoms with E-state index in [1.807, 2.05) is 33.8 Å². The Hall–Kier alpha value is -0.430. The molecular weight excluding hydrogens is 280 g/mol. The van der Waals surface area contributed by atoms with Crippen LogP contribution in [0.2, 0.25) is 0 Å². The van der Waals surface area contributed by atoms with Crippen molar-refractivity contribution in [3.8, 4) is 0 Å². The Balaban J connectivity index is 3.04. The zero-order valence-corrected chi connectivity index (χ0v) is 13.8. The Labute approximate surface area is 120 Å². The molecule has 0 atom stereocenters. The highest BCUT2D eigenvalue weighted by atomic mass is 32.2. The SMILES string of the molecule is CCCN(CC(C)(C)CN)S(=O)(=O)c1ccc(C)s1. The summed E-state index contributed by atoms with van der Waals surface area (Å²) in [7, 11) is -3.39. The molecule has 0 saturated carbocycles. The first-order chi connectivity index (χ1) is 8.73. The number of hydrogen-bond donors (Lipinski definition) is 1. The largest absolute Gasteiger partial charge is 0.330 e. The Bertz CT molecular complexity index is 506. The van der Waals surface area contributed by atoms with Crippen molar-refractivity contribution < 1.29 is 8.42 Å². The summed E-state index contributed by atoms with van der Waals surface area (Å²) >= 11 is 1.32. The molecule has 0 amide bonds. The highest BCUT2D eigenvalue weighted by Gasteiger charge is 2.30. The maximum Gasteiger partial charge on any atom is 0.252 e. The van der Waals surface area contributed by atoms with E-state index in [4.69, 9.17) is 5.73 Å². The van der Waals surface area contributed by atoms with Crippen LogP contribution in [-0.4, -0.2) is 32.4 Å². The van der Waals surface area contributed by atoms with Crippen LogP contribution < -0.4 is 5.73 Å². The lowest BCUT2D eigenvalue weighted by molar-refractivity contribution is 0.267. The molecule has 1 aromatic rings. The molecule has 110 valence electrons. The summed E-state index contributed by atoms with van der Waals surface area (Å²) in [5, 5.41) is 0. The minimum atomic E-state index is -3.39. The lowest BCUT2D eigenvalue weighted by atomic mass is 9.94. The van der Waals surface area contributed by atoms with Gasteiger partial charge in [-0.3, -0.25) is 0 Å². The van der Waals surface area contributed by atoms with Gasteiger partial charge in [-0.15, -0.1) is 11.3 Å². The molecule has 0 aliphatic carbocycles. The van der Waals surface area contributed by atoms with Crippen LogP contribution >= 0.6 is 11.3 Å². The average molecular weight is 304 g/mol. The van der Waals surface area contributed by atoms with Crippen molar-refractivity contribution in [2.45, 2.75) is 38.3 Å². The van der Waals surface area contributed by atoms with Crippen LogP contribution in [0, 0.1) is 12.3 Å². The zero-order chi connectivity index (χ0) is 14.7. The van der Waals surface area contributed by atoms with Gasteiger partial charge in [0.05, 0.1) is 0 Å². The molecule has 0 fully saturated rings. The number of nitrogens with two attached hydrogens (primary N) is 1. The third-order valence-electron chi connectivity index (χ3n) is 2.94. The van der Waals surface area contributed by atoms with E-state index in [-0.39, 0.29) is 5.41 Å². The summed E-state index contributed by atoms with van der Waals surface area (Å²) in [6.45, 7) is 9.33. The summed E-state index contributed by atoms with van der Waals surface area (Å²) in [6.07, 6.45) is 0.796. The molecule has 1 rings (SSSR count). The smallest absolute Gasteiger partial charge is 0.252 e. The van der Waals surface area contributed by atoms with Crippen LogP contribution in [0.3, 0.4) is 0 Å². The van der Waals surface area contributed by atoms with Crippen molar-refractivity contribution in [3.63, 3.8) is 0 Å². The standard InChI is InChI=1S/C13H24N2O2S2/c1-5-8-15(10-13(3,4)9-14)19(16,17)12-7-6-11(2)18-12/h6-7H,5,8-10,14H2,1-4H3. The van der Waals surface area contributed by atoms with E-state index in [0.29, 0.717) is 23.8 Å².